The van der Waals surface area contributed by atoms with E-state index in [0.29, 0.717) is 0 Å². The zero-order chi connectivity index (χ0) is 13.1. The van der Waals surface area contributed by atoms with Crippen molar-refractivity contribution in [3.05, 3.63) is 41.0 Å². The first-order chi connectivity index (χ1) is 7.84. The van der Waals surface area contributed by atoms with Gasteiger partial charge in [-0.1, -0.05) is 24.4 Å². The molecule has 0 saturated carbocycles. The fourth-order valence-electron chi connectivity index (χ4n) is 1.13. The van der Waals surface area contributed by atoms with Gasteiger partial charge in [-0.2, -0.15) is 18.4 Å². The monoisotopic (exact) mass is 256 g/mol. The molecule has 0 aromatic heterocycles. The van der Waals surface area contributed by atoms with E-state index in [0.717, 1.165) is 12.1 Å². The summed E-state index contributed by atoms with van der Waals surface area (Å²) in [7, 11) is 0. The van der Waals surface area contributed by atoms with E-state index in [9.17, 15) is 13.2 Å². The summed E-state index contributed by atoms with van der Waals surface area (Å²) in [6, 6.07) is 6.29. The highest BCUT2D eigenvalue weighted by Crippen LogP contribution is 2.29. The van der Waals surface area contributed by atoms with Crippen molar-refractivity contribution < 1.29 is 13.2 Å². The first-order valence-corrected chi connectivity index (χ1v) is 4.84. The highest BCUT2D eigenvalue weighted by molar-refractivity contribution is 7.80. The molecule has 0 aliphatic rings. The minimum atomic E-state index is -4.42. The molecule has 1 aromatic rings. The summed E-state index contributed by atoms with van der Waals surface area (Å²) in [5, 5.41) is 8.68. The molecule has 0 unspecified atom stereocenters. The highest BCUT2D eigenvalue weighted by atomic mass is 32.1. The minimum absolute atomic E-state index is 0.0284. The zero-order valence-electron chi connectivity index (χ0n) is 8.45. The van der Waals surface area contributed by atoms with Gasteiger partial charge in [0.25, 0.3) is 0 Å². The molecule has 1 aromatic carbocycles. The Morgan fingerprint density at radius 2 is 2.06 bits per heavy atom. The standard InChI is InChI=1S/C11H7F3N2S/c12-11(13,14)9-3-1-2-7(5-9)4-8(6-15)10(16)17/h1-5H,(H2,16,17)/b8-4+. The molecule has 2 N–H and O–H groups in total. The molecule has 0 radical (unpaired) electrons. The van der Waals surface area contributed by atoms with E-state index >= 15 is 0 Å². The van der Waals surface area contributed by atoms with Gasteiger partial charge in [-0.25, -0.2) is 0 Å². The van der Waals surface area contributed by atoms with E-state index in [2.05, 4.69) is 12.2 Å². The molecule has 0 amide bonds. The number of thiocarbonyl (C=S) groups is 1. The van der Waals surface area contributed by atoms with E-state index in [1.165, 1.54) is 18.2 Å². The Labute approximate surface area is 101 Å². The number of halogens is 3. The normalized spacial score (nSPS) is 12.0. The number of benzene rings is 1. The predicted octanol–water partition coefficient (Wildman–Crippen LogP) is 2.90. The molecule has 17 heavy (non-hydrogen) atoms. The third-order valence-corrected chi connectivity index (χ3v) is 2.13. The molecular formula is C11H7F3N2S. The van der Waals surface area contributed by atoms with Gasteiger partial charge in [0.05, 0.1) is 11.1 Å². The van der Waals surface area contributed by atoms with Crippen molar-refractivity contribution in [1.82, 2.24) is 0 Å². The van der Waals surface area contributed by atoms with E-state index in [1.807, 2.05) is 0 Å². The van der Waals surface area contributed by atoms with Crippen LogP contribution in [0.3, 0.4) is 0 Å². The summed E-state index contributed by atoms with van der Waals surface area (Å²) in [6.45, 7) is 0. The van der Waals surface area contributed by atoms with Crippen molar-refractivity contribution in [3.63, 3.8) is 0 Å². The SMILES string of the molecule is N#C/C(=C\c1cccc(C(F)(F)F)c1)C(N)=S. The Morgan fingerprint density at radius 1 is 1.41 bits per heavy atom. The third-order valence-electron chi connectivity index (χ3n) is 1.91. The lowest BCUT2D eigenvalue weighted by Crippen LogP contribution is -2.10. The van der Waals surface area contributed by atoms with E-state index < -0.39 is 11.7 Å². The number of hydrogen-bond acceptors (Lipinski definition) is 2. The van der Waals surface area contributed by atoms with E-state index in [1.54, 1.807) is 6.07 Å². The van der Waals surface area contributed by atoms with Crippen molar-refractivity contribution in [2.24, 2.45) is 5.73 Å². The topological polar surface area (TPSA) is 49.8 Å². The molecule has 88 valence electrons. The number of alkyl halides is 3. The fourth-order valence-corrected chi connectivity index (χ4v) is 1.23. The largest absolute Gasteiger partial charge is 0.416 e. The van der Waals surface area contributed by atoms with E-state index in [4.69, 9.17) is 11.0 Å². The van der Waals surface area contributed by atoms with Crippen LogP contribution in [-0.4, -0.2) is 4.99 Å². The summed E-state index contributed by atoms with van der Waals surface area (Å²) in [6.07, 6.45) is -3.20. The maximum atomic E-state index is 12.4. The van der Waals surface area contributed by atoms with Gasteiger partial charge in [0.2, 0.25) is 0 Å². The second-order valence-electron chi connectivity index (χ2n) is 3.16. The first kappa shape index (κ1) is 13.2. The highest BCUT2D eigenvalue weighted by Gasteiger charge is 2.30. The van der Waals surface area contributed by atoms with Gasteiger partial charge in [0.1, 0.15) is 11.1 Å². The molecule has 0 saturated heterocycles. The van der Waals surface area contributed by atoms with Gasteiger partial charge >= 0.3 is 6.18 Å². The van der Waals surface area contributed by atoms with Crippen LogP contribution in [0.25, 0.3) is 6.08 Å². The lowest BCUT2D eigenvalue weighted by atomic mass is 10.1. The van der Waals surface area contributed by atoms with Crippen LogP contribution in [-0.2, 0) is 6.18 Å². The maximum absolute atomic E-state index is 12.4. The zero-order valence-corrected chi connectivity index (χ0v) is 9.27. The number of nitrogens with two attached hydrogens (primary N) is 1. The number of hydrogen-bond donors (Lipinski definition) is 1. The van der Waals surface area contributed by atoms with Crippen molar-refractivity contribution in [3.8, 4) is 6.07 Å². The number of nitrogens with zero attached hydrogens (tertiary/aromatic N) is 1. The predicted molar refractivity (Wildman–Crippen MR) is 61.8 cm³/mol. The maximum Gasteiger partial charge on any atom is 0.416 e. The molecule has 6 heteroatoms. The van der Waals surface area contributed by atoms with Gasteiger partial charge in [0.15, 0.2) is 0 Å². The van der Waals surface area contributed by atoms with Crippen LogP contribution >= 0.6 is 12.2 Å². The van der Waals surface area contributed by atoms with Gasteiger partial charge in [-0.05, 0) is 23.8 Å². The molecule has 2 nitrogen and oxygen atoms in total. The molecule has 0 spiro atoms. The lowest BCUT2D eigenvalue weighted by Gasteiger charge is -2.06. The van der Waals surface area contributed by atoms with Crippen LogP contribution in [0.1, 0.15) is 11.1 Å². The van der Waals surface area contributed by atoms with Crippen LogP contribution < -0.4 is 5.73 Å². The van der Waals surface area contributed by atoms with Crippen molar-refractivity contribution in [2.45, 2.75) is 6.18 Å². The average Bonchev–Trinajstić information content (AvgIpc) is 2.24. The molecular weight excluding hydrogens is 249 g/mol. The molecule has 0 aliphatic heterocycles. The van der Waals surface area contributed by atoms with Gasteiger partial charge in [-0.3, -0.25) is 0 Å². The van der Waals surface area contributed by atoms with E-state index in [-0.39, 0.29) is 16.1 Å². The van der Waals surface area contributed by atoms with Crippen LogP contribution in [0.5, 0.6) is 0 Å². The summed E-state index contributed by atoms with van der Waals surface area (Å²) in [4.78, 5) is -0.148. The molecule has 0 fully saturated rings. The summed E-state index contributed by atoms with van der Waals surface area (Å²) < 4.78 is 37.2. The van der Waals surface area contributed by atoms with Crippen LogP contribution in [0.2, 0.25) is 0 Å². The summed E-state index contributed by atoms with van der Waals surface area (Å²) >= 11 is 4.59. The fraction of sp³-hybridized carbons (Fsp3) is 0.0909. The summed E-state index contributed by atoms with van der Waals surface area (Å²) in [5.41, 5.74) is 4.65. The molecule has 0 bridgehead atoms. The molecule has 0 heterocycles. The summed E-state index contributed by atoms with van der Waals surface area (Å²) in [5.74, 6) is 0. The number of nitriles is 1. The molecule has 1 rings (SSSR count). The smallest absolute Gasteiger partial charge is 0.389 e. The molecule has 0 aliphatic carbocycles. The lowest BCUT2D eigenvalue weighted by molar-refractivity contribution is -0.137. The van der Waals surface area contributed by atoms with Crippen LogP contribution in [0.15, 0.2) is 29.8 Å². The third kappa shape index (κ3) is 3.57. The van der Waals surface area contributed by atoms with Crippen LogP contribution in [0, 0.1) is 11.3 Å². The Kier molecular flexibility index (Phi) is 3.86. The van der Waals surface area contributed by atoms with Gasteiger partial charge in [-0.15, -0.1) is 0 Å². The van der Waals surface area contributed by atoms with Crippen molar-refractivity contribution >= 4 is 23.3 Å². The Balaban J connectivity index is 3.18. The van der Waals surface area contributed by atoms with Crippen molar-refractivity contribution in [1.29, 1.82) is 5.26 Å². The van der Waals surface area contributed by atoms with Gasteiger partial charge in [0, 0.05) is 0 Å². The van der Waals surface area contributed by atoms with Gasteiger partial charge < -0.3 is 5.73 Å². The van der Waals surface area contributed by atoms with Crippen LogP contribution in [0.4, 0.5) is 13.2 Å². The Morgan fingerprint density at radius 3 is 2.53 bits per heavy atom. The Bertz CT molecular complexity index is 512. The molecule has 0 atom stereocenters. The quantitative estimate of drug-likeness (QED) is 0.503. The second-order valence-corrected chi connectivity index (χ2v) is 3.60. The number of rotatable bonds is 2. The Hall–Kier alpha value is -1.87. The minimum Gasteiger partial charge on any atom is -0.389 e. The second kappa shape index (κ2) is 4.97. The van der Waals surface area contributed by atoms with Crippen molar-refractivity contribution in [2.75, 3.05) is 0 Å². The first-order valence-electron chi connectivity index (χ1n) is 4.43. The average molecular weight is 256 g/mol.